The van der Waals surface area contributed by atoms with Crippen LogP contribution in [0.4, 0.5) is 0 Å². The standard InChI is InChI=1S/2Co.Pt.Ru. The Morgan fingerprint density at radius 2 is 0.750 bits per heavy atom. The Balaban J connectivity index is 0. The second kappa shape index (κ2) is 18.4. The average Bonchev–Trinajstić information content (AvgIpc) is 0. The van der Waals surface area contributed by atoms with Gasteiger partial charge in [-0.1, -0.05) is 0 Å². The molecule has 0 heterocycles. The van der Waals surface area contributed by atoms with E-state index in [-0.39, 0.29) is 74.1 Å². The van der Waals surface area contributed by atoms with Crippen LogP contribution in [0.3, 0.4) is 0 Å². The Morgan fingerprint density at radius 1 is 0.750 bits per heavy atom. The summed E-state index contributed by atoms with van der Waals surface area (Å²) in [6, 6.07) is 0. The molecule has 0 aromatic rings. The Labute approximate surface area is 73.3 Å². The minimum absolute atomic E-state index is 0. The van der Waals surface area contributed by atoms with Crippen LogP contribution in [0.25, 0.3) is 0 Å². The van der Waals surface area contributed by atoms with Crippen LogP contribution in [0.1, 0.15) is 0 Å². The van der Waals surface area contributed by atoms with Gasteiger partial charge in [0.1, 0.15) is 0 Å². The predicted molar refractivity (Wildman–Crippen MR) is 0 cm³/mol. The summed E-state index contributed by atoms with van der Waals surface area (Å²) >= 11 is 0. The molecule has 0 spiro atoms. The van der Waals surface area contributed by atoms with Crippen LogP contribution in [-0.2, 0) is 74.1 Å². The van der Waals surface area contributed by atoms with E-state index in [2.05, 4.69) is 0 Å². The van der Waals surface area contributed by atoms with E-state index in [1.54, 1.807) is 0 Å². The topological polar surface area (TPSA) is 0 Å². The average molecular weight is 414 g/mol. The van der Waals surface area contributed by atoms with Gasteiger partial charge in [0.05, 0.1) is 0 Å². The third-order valence-corrected chi connectivity index (χ3v) is 0. The van der Waals surface area contributed by atoms with Gasteiger partial charge in [-0.15, -0.1) is 0 Å². The van der Waals surface area contributed by atoms with E-state index in [0.29, 0.717) is 0 Å². The monoisotopic (exact) mass is 415 g/mol. The third-order valence-electron chi connectivity index (χ3n) is 0. The zero-order valence-corrected chi connectivity index (χ0v) is 7.43. The molecule has 0 aliphatic carbocycles. The Morgan fingerprint density at radius 3 is 0.750 bits per heavy atom. The molecule has 4 heavy (non-hydrogen) atoms. The number of rotatable bonds is 0. The number of hydrogen-bond acceptors (Lipinski definition) is 0. The van der Waals surface area contributed by atoms with E-state index in [4.69, 9.17) is 0 Å². The Kier molecular flexibility index (Phi) is 153. The van der Waals surface area contributed by atoms with Crippen LogP contribution in [0.2, 0.25) is 0 Å². The first kappa shape index (κ1) is 33.2. The normalized spacial score (nSPS) is 0. The molecule has 36 valence electrons. The van der Waals surface area contributed by atoms with Gasteiger partial charge < -0.3 is 0 Å². The maximum atomic E-state index is 0. The molecule has 0 saturated heterocycles. The van der Waals surface area contributed by atoms with Gasteiger partial charge in [0, 0.05) is 74.1 Å². The van der Waals surface area contributed by atoms with Crippen molar-refractivity contribution in [2.45, 2.75) is 0 Å². The molecule has 0 nitrogen and oxygen atoms in total. The van der Waals surface area contributed by atoms with Crippen molar-refractivity contribution in [1.82, 2.24) is 0 Å². The van der Waals surface area contributed by atoms with Gasteiger partial charge >= 0.3 is 0 Å². The molecule has 0 N–H and O–H groups in total. The van der Waals surface area contributed by atoms with Crippen LogP contribution in [0.5, 0.6) is 0 Å². The van der Waals surface area contributed by atoms with Crippen molar-refractivity contribution in [3.05, 3.63) is 0 Å². The first-order valence-corrected chi connectivity index (χ1v) is 0. The van der Waals surface area contributed by atoms with E-state index in [9.17, 15) is 0 Å². The summed E-state index contributed by atoms with van der Waals surface area (Å²) in [5.41, 5.74) is 0. The van der Waals surface area contributed by atoms with Gasteiger partial charge in [0.2, 0.25) is 0 Å². The second-order valence-corrected chi connectivity index (χ2v) is 0. The quantitative estimate of drug-likeness (QED) is 0.490. The maximum absolute atomic E-state index is 0. The fourth-order valence-electron chi connectivity index (χ4n) is 0. The first-order chi connectivity index (χ1) is 0. The molecule has 2 radical (unpaired) electrons. The zero-order chi connectivity index (χ0) is 0. The summed E-state index contributed by atoms with van der Waals surface area (Å²) in [6.07, 6.45) is 0. The van der Waals surface area contributed by atoms with Crippen LogP contribution >= 0.6 is 0 Å². The van der Waals surface area contributed by atoms with Crippen molar-refractivity contribution < 1.29 is 74.1 Å². The van der Waals surface area contributed by atoms with Crippen LogP contribution < -0.4 is 0 Å². The van der Waals surface area contributed by atoms with Crippen molar-refractivity contribution >= 4 is 0 Å². The van der Waals surface area contributed by atoms with Gasteiger partial charge in [-0.3, -0.25) is 0 Å². The molecule has 0 saturated carbocycles. The molecule has 0 fully saturated rings. The van der Waals surface area contributed by atoms with Crippen molar-refractivity contribution in [1.29, 1.82) is 0 Å². The van der Waals surface area contributed by atoms with E-state index in [1.165, 1.54) is 0 Å². The Bertz CT molecular complexity index is 6.00. The van der Waals surface area contributed by atoms with Crippen molar-refractivity contribution in [2.75, 3.05) is 0 Å². The van der Waals surface area contributed by atoms with Gasteiger partial charge in [0.15, 0.2) is 0 Å². The van der Waals surface area contributed by atoms with Gasteiger partial charge in [-0.2, -0.15) is 0 Å². The first-order valence-electron chi connectivity index (χ1n) is 0. The Hall–Kier alpha value is 2.32. The summed E-state index contributed by atoms with van der Waals surface area (Å²) in [7, 11) is 0. The van der Waals surface area contributed by atoms with Crippen LogP contribution in [0.15, 0.2) is 0 Å². The molecule has 0 aromatic carbocycles. The number of hydrogen-bond donors (Lipinski definition) is 0. The van der Waals surface area contributed by atoms with E-state index in [0.717, 1.165) is 0 Å². The van der Waals surface area contributed by atoms with Crippen LogP contribution in [-0.4, -0.2) is 0 Å². The molecule has 0 aromatic heterocycles. The summed E-state index contributed by atoms with van der Waals surface area (Å²) in [4.78, 5) is 0. The predicted octanol–water partition coefficient (Wildman–Crippen LogP) is -0.0100. The molecule has 0 unspecified atom stereocenters. The van der Waals surface area contributed by atoms with E-state index >= 15 is 0 Å². The van der Waals surface area contributed by atoms with E-state index < -0.39 is 0 Å². The second-order valence-electron chi connectivity index (χ2n) is 0. The van der Waals surface area contributed by atoms with E-state index in [1.807, 2.05) is 0 Å². The molecule has 4 heteroatoms. The minimum Gasteiger partial charge on any atom is 0 e. The minimum atomic E-state index is 0. The SMILES string of the molecule is [Co].[Co].[Pt].[Ru]. The molecular formula is Co2PtRu. The van der Waals surface area contributed by atoms with Crippen LogP contribution in [0, 0.1) is 0 Å². The van der Waals surface area contributed by atoms with Gasteiger partial charge in [-0.25, -0.2) is 0 Å². The molecule has 0 aliphatic rings. The molecule has 0 rings (SSSR count). The summed E-state index contributed by atoms with van der Waals surface area (Å²) in [5.74, 6) is 0. The summed E-state index contributed by atoms with van der Waals surface area (Å²) < 4.78 is 0. The fourth-order valence-corrected chi connectivity index (χ4v) is 0. The zero-order valence-electron chi connectivity index (χ0n) is 1.34. The molecule has 0 atom stereocenters. The fraction of sp³-hybridized carbons (Fsp3) is 0. The molecule has 0 aliphatic heterocycles. The summed E-state index contributed by atoms with van der Waals surface area (Å²) in [6.45, 7) is 0. The maximum Gasteiger partial charge on any atom is 0 e. The third kappa shape index (κ3) is 8.85. The van der Waals surface area contributed by atoms with Gasteiger partial charge in [0.25, 0.3) is 0 Å². The molecular weight excluding hydrogens is 414 g/mol. The summed E-state index contributed by atoms with van der Waals surface area (Å²) in [5, 5.41) is 0. The van der Waals surface area contributed by atoms with Crippen molar-refractivity contribution in [2.24, 2.45) is 0 Å². The largest absolute Gasteiger partial charge is 0 e. The molecule has 0 bridgehead atoms. The van der Waals surface area contributed by atoms with Crippen molar-refractivity contribution in [3.8, 4) is 0 Å². The smallest absolute Gasteiger partial charge is 0 e. The molecule has 0 amide bonds. The van der Waals surface area contributed by atoms with Gasteiger partial charge in [-0.05, 0) is 0 Å². The van der Waals surface area contributed by atoms with Crippen molar-refractivity contribution in [3.63, 3.8) is 0 Å².